The molecular formula is C32H46O2. The monoisotopic (exact) mass is 462 g/mol. The van der Waals surface area contributed by atoms with Gasteiger partial charge in [0.25, 0.3) is 0 Å². The minimum absolute atomic E-state index is 0.271. The lowest BCUT2D eigenvalue weighted by molar-refractivity contribution is 0.0734. The van der Waals surface area contributed by atoms with E-state index in [1.807, 2.05) is 24.3 Å². The van der Waals surface area contributed by atoms with Crippen LogP contribution in [0.5, 0.6) is 5.75 Å². The Hall–Kier alpha value is -2.09. The van der Waals surface area contributed by atoms with Crippen LogP contribution in [0.2, 0.25) is 0 Å². The maximum atomic E-state index is 12.6. The minimum Gasteiger partial charge on any atom is -0.423 e. The van der Waals surface area contributed by atoms with Gasteiger partial charge in [0.15, 0.2) is 0 Å². The molecule has 0 heterocycles. The van der Waals surface area contributed by atoms with Gasteiger partial charge in [-0.15, -0.1) is 0 Å². The third kappa shape index (κ3) is 8.60. The van der Waals surface area contributed by atoms with Crippen LogP contribution in [0.1, 0.15) is 125 Å². The van der Waals surface area contributed by atoms with Crippen LogP contribution < -0.4 is 4.74 Å². The number of benzene rings is 2. The third-order valence-corrected chi connectivity index (χ3v) is 7.85. The lowest BCUT2D eigenvalue weighted by atomic mass is 9.75. The van der Waals surface area contributed by atoms with Crippen LogP contribution in [0, 0.1) is 11.8 Å². The van der Waals surface area contributed by atoms with Crippen molar-refractivity contribution in [1.29, 1.82) is 0 Å². The molecule has 186 valence electrons. The van der Waals surface area contributed by atoms with Gasteiger partial charge in [-0.3, -0.25) is 0 Å². The number of hydrogen-bond donors (Lipinski definition) is 0. The maximum absolute atomic E-state index is 12.6. The maximum Gasteiger partial charge on any atom is 0.343 e. The van der Waals surface area contributed by atoms with Gasteiger partial charge in [0.2, 0.25) is 0 Å². The van der Waals surface area contributed by atoms with E-state index in [4.69, 9.17) is 4.74 Å². The summed E-state index contributed by atoms with van der Waals surface area (Å²) in [5.41, 5.74) is 3.32. The van der Waals surface area contributed by atoms with Crippen LogP contribution in [0.15, 0.2) is 48.5 Å². The smallest absolute Gasteiger partial charge is 0.343 e. The highest BCUT2D eigenvalue weighted by Crippen LogP contribution is 2.38. The van der Waals surface area contributed by atoms with Gasteiger partial charge in [0, 0.05) is 0 Å². The number of hydrogen-bond acceptors (Lipinski definition) is 2. The molecule has 2 aromatic carbocycles. The van der Waals surface area contributed by atoms with E-state index in [1.165, 1.54) is 88.2 Å². The third-order valence-electron chi connectivity index (χ3n) is 7.85. The summed E-state index contributed by atoms with van der Waals surface area (Å²) >= 11 is 0. The van der Waals surface area contributed by atoms with E-state index >= 15 is 0 Å². The van der Waals surface area contributed by atoms with E-state index in [9.17, 15) is 4.79 Å². The van der Waals surface area contributed by atoms with Crippen molar-refractivity contribution in [3.63, 3.8) is 0 Å². The number of carbonyl (C=O) groups is 1. The van der Waals surface area contributed by atoms with E-state index in [1.54, 1.807) is 0 Å². The highest BCUT2D eigenvalue weighted by atomic mass is 16.5. The largest absolute Gasteiger partial charge is 0.423 e. The van der Waals surface area contributed by atoms with Crippen molar-refractivity contribution in [2.75, 3.05) is 0 Å². The summed E-state index contributed by atoms with van der Waals surface area (Å²) in [6.45, 7) is 6.94. The van der Waals surface area contributed by atoms with Gasteiger partial charge in [0.1, 0.15) is 5.75 Å². The van der Waals surface area contributed by atoms with Crippen LogP contribution in [-0.2, 0) is 6.42 Å². The van der Waals surface area contributed by atoms with E-state index in [0.29, 0.717) is 17.2 Å². The fourth-order valence-electron chi connectivity index (χ4n) is 5.36. The minimum atomic E-state index is -0.271. The van der Waals surface area contributed by atoms with Crippen molar-refractivity contribution >= 4 is 5.97 Å². The second-order valence-corrected chi connectivity index (χ2v) is 10.6. The summed E-state index contributed by atoms with van der Waals surface area (Å²) in [7, 11) is 0. The quantitative estimate of drug-likeness (QED) is 0.168. The lowest BCUT2D eigenvalue weighted by Crippen LogP contribution is -2.16. The van der Waals surface area contributed by atoms with E-state index in [0.717, 1.165) is 18.3 Å². The molecule has 3 rings (SSSR count). The first kappa shape index (κ1) is 26.5. The molecule has 0 spiro atoms. The van der Waals surface area contributed by atoms with Crippen LogP contribution in [-0.4, -0.2) is 5.97 Å². The molecule has 0 aromatic heterocycles. The second kappa shape index (κ2) is 14.3. The van der Waals surface area contributed by atoms with Gasteiger partial charge < -0.3 is 4.74 Å². The predicted molar refractivity (Wildman–Crippen MR) is 144 cm³/mol. The van der Waals surface area contributed by atoms with Gasteiger partial charge in [-0.1, -0.05) is 83.6 Å². The zero-order chi connectivity index (χ0) is 24.2. The zero-order valence-electron chi connectivity index (χ0n) is 21.9. The van der Waals surface area contributed by atoms with Crippen molar-refractivity contribution in [2.45, 2.75) is 110 Å². The summed E-state index contributed by atoms with van der Waals surface area (Å²) in [4.78, 5) is 12.6. The number of aryl methyl sites for hydroxylation is 1. The molecule has 1 saturated carbocycles. The molecule has 0 radical (unpaired) electrons. The Bertz CT molecular complexity index is 828. The summed E-state index contributed by atoms with van der Waals surface area (Å²) in [6.07, 6.45) is 16.9. The number of esters is 1. The van der Waals surface area contributed by atoms with E-state index < -0.39 is 0 Å². The fourth-order valence-corrected chi connectivity index (χ4v) is 5.36. The first-order chi connectivity index (χ1) is 16.6. The SMILES string of the molecule is CCCCCCCCc1ccc(OC(=O)c2ccc(C3CCC(CC(C)CC)CC3)cc2)cc1. The summed E-state index contributed by atoms with van der Waals surface area (Å²) in [5.74, 6) is 2.74. The fraction of sp³-hybridized carbons (Fsp3) is 0.594. The molecule has 34 heavy (non-hydrogen) atoms. The number of ether oxygens (including phenoxy) is 1. The molecule has 1 atom stereocenters. The molecule has 1 unspecified atom stereocenters. The van der Waals surface area contributed by atoms with Gasteiger partial charge in [0.05, 0.1) is 5.56 Å². The molecule has 1 fully saturated rings. The Morgan fingerprint density at radius 1 is 0.853 bits per heavy atom. The standard InChI is InChI=1S/C32H46O2/c1-4-6-7-8-9-10-11-26-14-22-31(23-15-26)34-32(33)30-20-18-29(19-21-30)28-16-12-27(13-17-28)24-25(3)5-2/h14-15,18-23,25,27-28H,4-13,16-17,24H2,1-3H3. The zero-order valence-corrected chi connectivity index (χ0v) is 21.9. The summed E-state index contributed by atoms with van der Waals surface area (Å²) < 4.78 is 5.63. The Kier molecular flexibility index (Phi) is 11.2. The molecule has 1 aliphatic rings. The Morgan fingerprint density at radius 2 is 1.50 bits per heavy atom. The molecular weight excluding hydrogens is 416 g/mol. The highest BCUT2D eigenvalue weighted by molar-refractivity contribution is 5.91. The summed E-state index contributed by atoms with van der Waals surface area (Å²) in [6, 6.07) is 16.2. The van der Waals surface area contributed by atoms with Crippen LogP contribution in [0.3, 0.4) is 0 Å². The number of unbranched alkanes of at least 4 members (excludes halogenated alkanes) is 5. The topological polar surface area (TPSA) is 26.3 Å². The van der Waals surface area contributed by atoms with Crippen LogP contribution in [0.25, 0.3) is 0 Å². The van der Waals surface area contributed by atoms with Crippen molar-refractivity contribution < 1.29 is 9.53 Å². The van der Waals surface area contributed by atoms with Gasteiger partial charge in [-0.2, -0.15) is 0 Å². The van der Waals surface area contributed by atoms with Crippen molar-refractivity contribution in [3.05, 3.63) is 65.2 Å². The van der Waals surface area contributed by atoms with Crippen molar-refractivity contribution in [1.82, 2.24) is 0 Å². The molecule has 0 N–H and O–H groups in total. The van der Waals surface area contributed by atoms with Gasteiger partial charge in [-0.25, -0.2) is 4.79 Å². The van der Waals surface area contributed by atoms with E-state index in [2.05, 4.69) is 45.0 Å². The molecule has 0 amide bonds. The van der Waals surface area contributed by atoms with Gasteiger partial charge >= 0.3 is 5.97 Å². The first-order valence-corrected chi connectivity index (χ1v) is 14.0. The van der Waals surface area contributed by atoms with Crippen LogP contribution >= 0.6 is 0 Å². The molecule has 0 bridgehead atoms. The molecule has 0 aliphatic heterocycles. The average Bonchev–Trinajstić information content (AvgIpc) is 2.87. The predicted octanol–water partition coefficient (Wildman–Crippen LogP) is 9.52. The summed E-state index contributed by atoms with van der Waals surface area (Å²) in [5, 5.41) is 0. The number of carbonyl (C=O) groups excluding carboxylic acids is 1. The van der Waals surface area contributed by atoms with Gasteiger partial charge in [-0.05, 0) is 98.1 Å². The molecule has 2 nitrogen and oxygen atoms in total. The average molecular weight is 463 g/mol. The molecule has 2 aromatic rings. The number of rotatable bonds is 13. The first-order valence-electron chi connectivity index (χ1n) is 14.0. The normalized spacial score (nSPS) is 19.0. The molecule has 0 saturated heterocycles. The Morgan fingerprint density at radius 3 is 2.15 bits per heavy atom. The molecule has 2 heteroatoms. The van der Waals surface area contributed by atoms with Crippen molar-refractivity contribution in [3.8, 4) is 5.75 Å². The van der Waals surface area contributed by atoms with E-state index in [-0.39, 0.29) is 5.97 Å². The van der Waals surface area contributed by atoms with Crippen molar-refractivity contribution in [2.24, 2.45) is 11.8 Å². The van der Waals surface area contributed by atoms with Crippen LogP contribution in [0.4, 0.5) is 0 Å². The second-order valence-electron chi connectivity index (χ2n) is 10.6. The highest BCUT2D eigenvalue weighted by Gasteiger charge is 2.23. The Labute approximate surface area is 208 Å². The molecule has 1 aliphatic carbocycles. The lowest BCUT2D eigenvalue weighted by Gasteiger charge is -2.30. The Balaban J connectivity index is 1.42.